The number of imide groups is 1. The Morgan fingerprint density at radius 2 is 1.75 bits per heavy atom. The third-order valence-corrected chi connectivity index (χ3v) is 4.19. The molecule has 7 nitrogen and oxygen atoms in total. The van der Waals surface area contributed by atoms with Crippen molar-refractivity contribution in [3.8, 4) is 0 Å². The van der Waals surface area contributed by atoms with Gasteiger partial charge >= 0.3 is 0 Å². The molecule has 1 fully saturated rings. The Bertz CT molecular complexity index is 785. The van der Waals surface area contributed by atoms with Crippen molar-refractivity contribution in [1.29, 1.82) is 0 Å². The third kappa shape index (κ3) is 5.08. The summed E-state index contributed by atoms with van der Waals surface area (Å²) in [6.07, 6.45) is 0.617. The largest absolute Gasteiger partial charge is 0.333 e. The molecule has 0 atom stereocenters. The molecule has 0 aliphatic carbocycles. The van der Waals surface area contributed by atoms with Crippen molar-refractivity contribution in [3.63, 3.8) is 0 Å². The smallest absolute Gasteiger partial charge is 0.244 e. The molecule has 0 spiro atoms. The molecule has 28 heavy (non-hydrogen) atoms. The molecule has 0 aromatic heterocycles. The van der Waals surface area contributed by atoms with E-state index in [1.807, 2.05) is 0 Å². The van der Waals surface area contributed by atoms with Crippen molar-refractivity contribution < 1.29 is 32.3 Å². The number of nitrogens with one attached hydrogen (secondary N) is 1. The van der Waals surface area contributed by atoms with Gasteiger partial charge in [-0.15, -0.1) is 0 Å². The van der Waals surface area contributed by atoms with Crippen LogP contribution in [0.25, 0.3) is 0 Å². The van der Waals surface area contributed by atoms with Crippen LogP contribution in [0.1, 0.15) is 32.6 Å². The van der Waals surface area contributed by atoms with Crippen LogP contribution in [0, 0.1) is 17.5 Å². The molecule has 0 radical (unpaired) electrons. The summed E-state index contributed by atoms with van der Waals surface area (Å²) in [5, 5.41) is 2.10. The van der Waals surface area contributed by atoms with Crippen LogP contribution in [-0.2, 0) is 19.2 Å². The minimum atomic E-state index is -1.71. The Balaban J connectivity index is 1.96. The number of likely N-dealkylation sites (tertiary alicyclic amines) is 1. The second-order valence-corrected chi connectivity index (χ2v) is 6.28. The number of carbonyl (C=O) groups is 4. The van der Waals surface area contributed by atoms with Gasteiger partial charge in [-0.2, -0.15) is 0 Å². The van der Waals surface area contributed by atoms with Crippen LogP contribution in [0.5, 0.6) is 0 Å². The number of rotatable bonds is 8. The van der Waals surface area contributed by atoms with Gasteiger partial charge in [0.25, 0.3) is 0 Å². The van der Waals surface area contributed by atoms with Gasteiger partial charge < -0.3 is 10.2 Å². The number of amides is 4. The maximum absolute atomic E-state index is 13.7. The highest BCUT2D eigenvalue weighted by Crippen LogP contribution is 2.19. The van der Waals surface area contributed by atoms with Crippen LogP contribution >= 0.6 is 0 Å². The fraction of sp³-hybridized carbons (Fsp3) is 0.444. The molecule has 152 valence electrons. The Hall–Kier alpha value is -2.91. The number of halogens is 3. The molecule has 1 saturated heterocycles. The summed E-state index contributed by atoms with van der Waals surface area (Å²) in [5.74, 6) is -6.57. The number of carbonyl (C=O) groups excluding carboxylic acids is 4. The molecule has 1 aliphatic rings. The standard InChI is InChI=1S/C18H20F3N3O4/c1-2-8-23(14(26)7-9-24-15(27)5-6-16(24)28)10-13(25)22-12-4-3-11(19)17(20)18(12)21/h3-4H,2,5-10H2,1H3,(H,22,25). The fourth-order valence-corrected chi connectivity index (χ4v) is 2.79. The minimum absolute atomic E-state index is 0.0733. The first kappa shape index (κ1) is 21.4. The van der Waals surface area contributed by atoms with E-state index in [0.717, 1.165) is 11.0 Å². The van der Waals surface area contributed by atoms with Gasteiger partial charge in [0.1, 0.15) is 0 Å². The van der Waals surface area contributed by atoms with E-state index in [-0.39, 0.29) is 44.2 Å². The maximum Gasteiger partial charge on any atom is 0.244 e. The summed E-state index contributed by atoms with van der Waals surface area (Å²) in [4.78, 5) is 49.8. The van der Waals surface area contributed by atoms with Gasteiger partial charge in [-0.25, -0.2) is 13.2 Å². The van der Waals surface area contributed by atoms with Crippen molar-refractivity contribution in [2.24, 2.45) is 0 Å². The first-order valence-corrected chi connectivity index (χ1v) is 8.78. The van der Waals surface area contributed by atoms with E-state index in [9.17, 15) is 32.3 Å². The van der Waals surface area contributed by atoms with E-state index in [0.29, 0.717) is 12.5 Å². The van der Waals surface area contributed by atoms with Crippen molar-refractivity contribution >= 4 is 29.3 Å². The number of nitrogens with zero attached hydrogens (tertiary/aromatic N) is 2. The van der Waals surface area contributed by atoms with E-state index in [1.165, 1.54) is 4.90 Å². The highest BCUT2D eigenvalue weighted by atomic mass is 19.2. The van der Waals surface area contributed by atoms with Gasteiger partial charge in [-0.3, -0.25) is 24.1 Å². The van der Waals surface area contributed by atoms with Crippen molar-refractivity contribution in [2.75, 3.05) is 25.0 Å². The molecule has 0 saturated carbocycles. The number of hydrogen-bond acceptors (Lipinski definition) is 4. The van der Waals surface area contributed by atoms with Gasteiger partial charge in [0, 0.05) is 32.4 Å². The van der Waals surface area contributed by atoms with Gasteiger partial charge in [0.05, 0.1) is 12.2 Å². The second-order valence-electron chi connectivity index (χ2n) is 6.28. The van der Waals surface area contributed by atoms with E-state index >= 15 is 0 Å². The molecule has 1 N–H and O–H groups in total. The summed E-state index contributed by atoms with van der Waals surface area (Å²) < 4.78 is 39.8. The Morgan fingerprint density at radius 1 is 1.11 bits per heavy atom. The molecule has 0 bridgehead atoms. The van der Waals surface area contributed by atoms with E-state index < -0.39 is 41.5 Å². The lowest BCUT2D eigenvalue weighted by Crippen LogP contribution is -2.41. The zero-order valence-electron chi connectivity index (χ0n) is 15.3. The zero-order valence-corrected chi connectivity index (χ0v) is 15.3. The highest BCUT2D eigenvalue weighted by Gasteiger charge is 2.29. The average Bonchev–Trinajstić information content (AvgIpc) is 2.97. The van der Waals surface area contributed by atoms with Crippen LogP contribution in [-0.4, -0.2) is 53.1 Å². The summed E-state index contributed by atoms with van der Waals surface area (Å²) in [6.45, 7) is 1.48. The van der Waals surface area contributed by atoms with Crippen molar-refractivity contribution in [1.82, 2.24) is 9.80 Å². The van der Waals surface area contributed by atoms with Crippen molar-refractivity contribution in [3.05, 3.63) is 29.6 Å². The lowest BCUT2D eigenvalue weighted by molar-refractivity contribution is -0.140. The van der Waals surface area contributed by atoms with Crippen molar-refractivity contribution in [2.45, 2.75) is 32.6 Å². The van der Waals surface area contributed by atoms with Crippen LogP contribution in [0.4, 0.5) is 18.9 Å². The van der Waals surface area contributed by atoms with Gasteiger partial charge in [0.2, 0.25) is 23.6 Å². The Morgan fingerprint density at radius 3 is 2.36 bits per heavy atom. The molecule has 4 amide bonds. The highest BCUT2D eigenvalue weighted by molar-refractivity contribution is 6.02. The molecule has 10 heteroatoms. The normalized spacial score (nSPS) is 13.8. The van der Waals surface area contributed by atoms with Crippen LogP contribution in [0.15, 0.2) is 12.1 Å². The minimum Gasteiger partial charge on any atom is -0.333 e. The van der Waals surface area contributed by atoms with E-state index in [1.54, 1.807) is 6.92 Å². The molecular formula is C18H20F3N3O4. The molecule has 1 aromatic rings. The molecule has 0 unspecified atom stereocenters. The first-order valence-electron chi connectivity index (χ1n) is 8.78. The lowest BCUT2D eigenvalue weighted by atomic mass is 10.2. The summed E-state index contributed by atoms with van der Waals surface area (Å²) in [5.41, 5.74) is -0.541. The van der Waals surface area contributed by atoms with Crippen LogP contribution in [0.3, 0.4) is 0 Å². The van der Waals surface area contributed by atoms with E-state index in [2.05, 4.69) is 5.32 Å². The SMILES string of the molecule is CCCN(CC(=O)Nc1ccc(F)c(F)c1F)C(=O)CCN1C(=O)CCC1=O. The summed E-state index contributed by atoms with van der Waals surface area (Å²) in [6, 6.07) is 1.55. The third-order valence-electron chi connectivity index (χ3n) is 4.19. The fourth-order valence-electron chi connectivity index (χ4n) is 2.79. The molecule has 1 aliphatic heterocycles. The quantitative estimate of drug-likeness (QED) is 0.534. The predicted octanol–water partition coefficient (Wildman–Crippen LogP) is 1.82. The number of anilines is 1. The molecule has 1 aromatic carbocycles. The average molecular weight is 399 g/mol. The number of hydrogen-bond donors (Lipinski definition) is 1. The first-order chi connectivity index (χ1) is 13.2. The lowest BCUT2D eigenvalue weighted by Gasteiger charge is -2.23. The predicted molar refractivity (Wildman–Crippen MR) is 92.4 cm³/mol. The van der Waals surface area contributed by atoms with Gasteiger partial charge in [0.15, 0.2) is 17.5 Å². The Kier molecular flexibility index (Phi) is 7.13. The Labute approximate surface area is 159 Å². The molecule has 1 heterocycles. The molecule has 2 rings (SSSR count). The summed E-state index contributed by atoms with van der Waals surface area (Å²) >= 11 is 0. The monoisotopic (exact) mass is 399 g/mol. The van der Waals surface area contributed by atoms with Crippen LogP contribution < -0.4 is 5.32 Å². The number of benzene rings is 1. The molecular weight excluding hydrogens is 379 g/mol. The van der Waals surface area contributed by atoms with E-state index in [4.69, 9.17) is 0 Å². The topological polar surface area (TPSA) is 86.8 Å². The van der Waals surface area contributed by atoms with Gasteiger partial charge in [-0.05, 0) is 18.6 Å². The van der Waals surface area contributed by atoms with Crippen LogP contribution in [0.2, 0.25) is 0 Å². The van der Waals surface area contributed by atoms with Gasteiger partial charge in [-0.1, -0.05) is 6.92 Å². The maximum atomic E-state index is 13.7. The zero-order chi connectivity index (χ0) is 20.8. The second kappa shape index (κ2) is 9.34. The summed E-state index contributed by atoms with van der Waals surface area (Å²) in [7, 11) is 0.